The average Bonchev–Trinajstić information content (AvgIpc) is 3.13. The third kappa shape index (κ3) is 2.91. The second-order valence-corrected chi connectivity index (χ2v) is 5.62. The number of hydrogen-bond donors (Lipinski definition) is 0. The molecular formula is C16H16N4O4. The van der Waals surface area contributed by atoms with Gasteiger partial charge in [0.2, 0.25) is 0 Å². The maximum Gasteiger partial charge on any atom is 0.367 e. The van der Waals surface area contributed by atoms with Gasteiger partial charge in [0.1, 0.15) is 0 Å². The number of imide groups is 1. The van der Waals surface area contributed by atoms with Gasteiger partial charge in [-0.2, -0.15) is 5.10 Å². The molecule has 0 bridgehead atoms. The van der Waals surface area contributed by atoms with E-state index in [-0.39, 0.29) is 16.7 Å². The lowest BCUT2D eigenvalue weighted by Gasteiger charge is -2.11. The minimum absolute atomic E-state index is 0.172. The van der Waals surface area contributed by atoms with Crippen LogP contribution in [-0.4, -0.2) is 58.2 Å². The van der Waals surface area contributed by atoms with Crippen molar-refractivity contribution < 1.29 is 19.2 Å². The predicted octanol–water partition coefficient (Wildman–Crippen LogP) is 0.813. The molecule has 2 aromatic rings. The first-order chi connectivity index (χ1) is 11.5. The van der Waals surface area contributed by atoms with Crippen molar-refractivity contribution >= 4 is 17.8 Å². The van der Waals surface area contributed by atoms with Crippen LogP contribution >= 0.6 is 0 Å². The summed E-state index contributed by atoms with van der Waals surface area (Å²) in [6.07, 6.45) is 2.86. The van der Waals surface area contributed by atoms with Crippen LogP contribution in [0, 0.1) is 0 Å². The molecule has 0 saturated heterocycles. The molecule has 0 unspecified atom stereocenters. The van der Waals surface area contributed by atoms with Crippen molar-refractivity contribution in [3.63, 3.8) is 0 Å². The zero-order valence-corrected chi connectivity index (χ0v) is 13.3. The summed E-state index contributed by atoms with van der Waals surface area (Å²) in [5.74, 6) is -2.10. The molecule has 0 N–H and O–H groups in total. The summed E-state index contributed by atoms with van der Waals surface area (Å²) in [5, 5.41) is 4.55. The minimum Gasteiger partial charge on any atom is -0.324 e. The van der Waals surface area contributed by atoms with Gasteiger partial charge < -0.3 is 9.74 Å². The Balaban J connectivity index is 1.70. The van der Waals surface area contributed by atoms with Gasteiger partial charge in [-0.05, 0) is 26.2 Å². The molecule has 0 aliphatic carbocycles. The first-order valence-corrected chi connectivity index (χ1v) is 7.34. The van der Waals surface area contributed by atoms with E-state index in [2.05, 4.69) is 5.10 Å². The van der Waals surface area contributed by atoms with Gasteiger partial charge in [0.15, 0.2) is 0 Å². The molecule has 0 spiro atoms. The van der Waals surface area contributed by atoms with Crippen LogP contribution in [0.3, 0.4) is 0 Å². The van der Waals surface area contributed by atoms with Crippen LogP contribution in [0.2, 0.25) is 0 Å². The molecule has 0 saturated carbocycles. The number of amides is 2. The molecule has 2 amide bonds. The van der Waals surface area contributed by atoms with E-state index >= 15 is 0 Å². The monoisotopic (exact) mass is 328 g/mol. The van der Waals surface area contributed by atoms with Gasteiger partial charge in [-0.25, -0.2) is 4.79 Å². The number of carbonyl (C=O) groups is 3. The first-order valence-electron chi connectivity index (χ1n) is 7.34. The van der Waals surface area contributed by atoms with Crippen molar-refractivity contribution in [3.8, 4) is 0 Å². The number of benzene rings is 1. The third-order valence-corrected chi connectivity index (χ3v) is 3.58. The molecule has 2 heterocycles. The number of nitrogens with zero attached hydrogens (tertiary/aromatic N) is 4. The number of aromatic nitrogens is 2. The summed E-state index contributed by atoms with van der Waals surface area (Å²) in [6, 6.07) is 6.32. The number of fused-ring (bicyclic) bond motifs is 1. The van der Waals surface area contributed by atoms with Gasteiger partial charge in [-0.1, -0.05) is 17.2 Å². The number of carbonyl (C=O) groups excluding carboxylic acids is 3. The Hall–Kier alpha value is -3.00. The molecule has 0 fully saturated rings. The molecule has 0 radical (unpaired) electrons. The Bertz CT molecular complexity index is 777. The van der Waals surface area contributed by atoms with Gasteiger partial charge in [0, 0.05) is 12.7 Å². The van der Waals surface area contributed by atoms with Crippen LogP contribution in [-0.2, 0) is 11.4 Å². The van der Waals surface area contributed by atoms with Crippen LogP contribution in [0.5, 0.6) is 0 Å². The Morgan fingerprint density at radius 3 is 2.38 bits per heavy atom. The summed E-state index contributed by atoms with van der Waals surface area (Å²) >= 11 is 0. The number of rotatable bonds is 5. The summed E-state index contributed by atoms with van der Waals surface area (Å²) in [4.78, 5) is 43.4. The van der Waals surface area contributed by atoms with Crippen LogP contribution in [0.25, 0.3) is 0 Å². The van der Waals surface area contributed by atoms with E-state index < -0.39 is 17.8 Å². The highest BCUT2D eigenvalue weighted by Gasteiger charge is 2.38. The minimum atomic E-state index is -0.805. The SMILES string of the molecule is CN(C)CCn1cc(C(=O)ON2C(=O)c3ccccc3C2=O)cn1. The van der Waals surface area contributed by atoms with Crippen molar-refractivity contribution in [3.05, 3.63) is 53.3 Å². The first kappa shape index (κ1) is 15.9. The van der Waals surface area contributed by atoms with E-state index in [1.54, 1.807) is 16.8 Å². The molecule has 1 aromatic carbocycles. The third-order valence-electron chi connectivity index (χ3n) is 3.58. The highest BCUT2D eigenvalue weighted by atomic mass is 16.7. The lowest BCUT2D eigenvalue weighted by atomic mass is 10.1. The van der Waals surface area contributed by atoms with Crippen LogP contribution < -0.4 is 0 Å². The van der Waals surface area contributed by atoms with Crippen LogP contribution in [0.1, 0.15) is 31.1 Å². The second-order valence-electron chi connectivity index (χ2n) is 5.62. The maximum absolute atomic E-state index is 12.2. The van der Waals surface area contributed by atoms with Gasteiger partial charge >= 0.3 is 5.97 Å². The predicted molar refractivity (Wildman–Crippen MR) is 83.1 cm³/mol. The fourth-order valence-corrected chi connectivity index (χ4v) is 2.28. The fourth-order valence-electron chi connectivity index (χ4n) is 2.28. The molecule has 8 heteroatoms. The zero-order valence-electron chi connectivity index (χ0n) is 13.3. The van der Waals surface area contributed by atoms with E-state index in [1.165, 1.54) is 24.5 Å². The van der Waals surface area contributed by atoms with Crippen molar-refractivity contribution in [2.75, 3.05) is 20.6 Å². The quantitative estimate of drug-likeness (QED) is 0.755. The van der Waals surface area contributed by atoms with E-state index in [9.17, 15) is 14.4 Å². The Kier molecular flexibility index (Phi) is 4.13. The maximum atomic E-state index is 12.2. The molecule has 8 nitrogen and oxygen atoms in total. The summed E-state index contributed by atoms with van der Waals surface area (Å²) in [5.41, 5.74) is 0.610. The van der Waals surface area contributed by atoms with Crippen molar-refractivity contribution in [1.82, 2.24) is 19.7 Å². The highest BCUT2D eigenvalue weighted by molar-refractivity contribution is 6.21. The van der Waals surface area contributed by atoms with Crippen LogP contribution in [0.15, 0.2) is 36.7 Å². The molecule has 1 aliphatic heterocycles. The van der Waals surface area contributed by atoms with E-state index in [1.807, 2.05) is 19.0 Å². The number of hydroxylamine groups is 2. The number of likely N-dealkylation sites (N-methyl/N-ethyl adjacent to an activating group) is 1. The van der Waals surface area contributed by atoms with Crippen LogP contribution in [0.4, 0.5) is 0 Å². The largest absolute Gasteiger partial charge is 0.367 e. The highest BCUT2D eigenvalue weighted by Crippen LogP contribution is 2.23. The molecule has 1 aromatic heterocycles. The summed E-state index contributed by atoms with van der Waals surface area (Å²) < 4.78 is 1.60. The Morgan fingerprint density at radius 1 is 1.17 bits per heavy atom. The summed E-state index contributed by atoms with van der Waals surface area (Å²) in [7, 11) is 3.86. The van der Waals surface area contributed by atoms with Gasteiger partial charge in [-0.3, -0.25) is 14.3 Å². The van der Waals surface area contributed by atoms with Gasteiger partial charge in [-0.15, -0.1) is 0 Å². The average molecular weight is 328 g/mol. The summed E-state index contributed by atoms with van der Waals surface area (Å²) in [6.45, 7) is 1.36. The van der Waals surface area contributed by atoms with E-state index in [0.717, 1.165) is 6.54 Å². The molecule has 0 atom stereocenters. The second kappa shape index (κ2) is 6.25. The zero-order chi connectivity index (χ0) is 17.3. The van der Waals surface area contributed by atoms with Crippen molar-refractivity contribution in [1.29, 1.82) is 0 Å². The normalized spacial score (nSPS) is 13.5. The Labute approximate surface area is 138 Å². The molecule has 3 rings (SSSR count). The molecule has 1 aliphatic rings. The number of hydrogen-bond acceptors (Lipinski definition) is 6. The molecule has 124 valence electrons. The van der Waals surface area contributed by atoms with Crippen molar-refractivity contribution in [2.45, 2.75) is 6.54 Å². The lowest BCUT2D eigenvalue weighted by molar-refractivity contribution is -0.0584. The van der Waals surface area contributed by atoms with Gasteiger partial charge in [0.25, 0.3) is 11.8 Å². The van der Waals surface area contributed by atoms with E-state index in [0.29, 0.717) is 11.6 Å². The lowest BCUT2D eigenvalue weighted by Crippen LogP contribution is -2.32. The topological polar surface area (TPSA) is 84.7 Å². The molecule has 24 heavy (non-hydrogen) atoms. The van der Waals surface area contributed by atoms with Crippen molar-refractivity contribution in [2.24, 2.45) is 0 Å². The van der Waals surface area contributed by atoms with E-state index in [4.69, 9.17) is 4.84 Å². The Morgan fingerprint density at radius 2 is 1.79 bits per heavy atom. The fraction of sp³-hybridized carbons (Fsp3) is 0.250. The smallest absolute Gasteiger partial charge is 0.324 e. The van der Waals surface area contributed by atoms with Gasteiger partial charge in [0.05, 0.1) is 29.4 Å². The standard InChI is InChI=1S/C16H16N4O4/c1-18(2)7-8-19-10-11(9-17-19)16(23)24-20-14(21)12-5-3-4-6-13(12)15(20)22/h3-6,9-10H,7-8H2,1-2H3. The molecular weight excluding hydrogens is 312 g/mol.